The van der Waals surface area contributed by atoms with E-state index in [-0.39, 0.29) is 11.9 Å². The van der Waals surface area contributed by atoms with Crippen LogP contribution in [0.1, 0.15) is 35.0 Å². The average Bonchev–Trinajstić information content (AvgIpc) is 3.39. The maximum Gasteiger partial charge on any atom is 0.255 e. The zero-order chi connectivity index (χ0) is 19.1. The summed E-state index contributed by atoms with van der Waals surface area (Å²) in [5.74, 6) is 0.101. The van der Waals surface area contributed by atoms with Gasteiger partial charge in [0.2, 0.25) is 0 Å². The molecule has 142 valence electrons. The summed E-state index contributed by atoms with van der Waals surface area (Å²) in [4.78, 5) is 20.5. The van der Waals surface area contributed by atoms with Gasteiger partial charge < -0.3 is 16.0 Å². The second-order valence-corrected chi connectivity index (χ2v) is 7.47. The molecule has 1 amide bonds. The van der Waals surface area contributed by atoms with Gasteiger partial charge in [-0.2, -0.15) is 0 Å². The number of allylic oxidation sites excluding steroid dienone is 1. The second-order valence-electron chi connectivity index (χ2n) is 6.56. The smallest absolute Gasteiger partial charge is 0.255 e. The summed E-state index contributed by atoms with van der Waals surface area (Å²) in [5.41, 5.74) is 8.22. The zero-order valence-corrected chi connectivity index (χ0v) is 16.4. The van der Waals surface area contributed by atoms with Crippen molar-refractivity contribution in [3.8, 4) is 0 Å². The monoisotopic (exact) mass is 382 g/mol. The number of thiophene rings is 1. The van der Waals surface area contributed by atoms with Gasteiger partial charge >= 0.3 is 0 Å². The third-order valence-electron chi connectivity index (χ3n) is 4.62. The van der Waals surface area contributed by atoms with E-state index in [0.717, 1.165) is 54.2 Å². The van der Waals surface area contributed by atoms with E-state index >= 15 is 0 Å². The highest BCUT2D eigenvalue weighted by Gasteiger charge is 2.27. The number of carbonyl (C=O) groups excluding carboxylic acids is 1. The highest BCUT2D eigenvalue weighted by atomic mass is 32.1. The summed E-state index contributed by atoms with van der Waals surface area (Å²) >= 11 is 1.52. The first-order valence-corrected chi connectivity index (χ1v) is 10.2. The van der Waals surface area contributed by atoms with Gasteiger partial charge in [0.15, 0.2) is 0 Å². The zero-order valence-electron chi connectivity index (χ0n) is 15.6. The molecule has 1 saturated heterocycles. The van der Waals surface area contributed by atoms with E-state index in [1.165, 1.54) is 17.5 Å². The van der Waals surface area contributed by atoms with Crippen molar-refractivity contribution < 1.29 is 4.79 Å². The molecule has 0 bridgehead atoms. The number of carbonyl (C=O) groups is 1. The topological polar surface area (TPSA) is 70.7 Å². The van der Waals surface area contributed by atoms with E-state index in [1.54, 1.807) is 6.21 Å². The van der Waals surface area contributed by atoms with Crippen molar-refractivity contribution in [3.05, 3.63) is 58.4 Å². The fourth-order valence-corrected chi connectivity index (χ4v) is 4.08. The van der Waals surface area contributed by atoms with Crippen LogP contribution in [-0.2, 0) is 0 Å². The molecule has 3 rings (SSSR count). The lowest BCUT2D eigenvalue weighted by Gasteiger charge is -2.27. The van der Waals surface area contributed by atoms with Gasteiger partial charge in [-0.3, -0.25) is 9.79 Å². The molecule has 0 saturated carbocycles. The fourth-order valence-electron chi connectivity index (χ4n) is 3.21. The molecule has 1 atom stereocenters. The number of benzene rings is 1. The number of aliphatic imine (C=N–C) groups is 1. The molecule has 6 heteroatoms. The van der Waals surface area contributed by atoms with Crippen LogP contribution in [0.15, 0.2) is 53.0 Å². The van der Waals surface area contributed by atoms with Crippen LogP contribution in [0, 0.1) is 0 Å². The number of para-hydroxylation sites is 1. The van der Waals surface area contributed by atoms with E-state index in [0.29, 0.717) is 0 Å². The predicted molar refractivity (Wildman–Crippen MR) is 114 cm³/mol. The molecule has 27 heavy (non-hydrogen) atoms. The standard InChI is InChI=1S/C21H26N4OS/c1-2-10-25(19-8-9-23-14-19)21(26)16-11-20(27-15-16)17(12-22)13-24-18-6-4-3-5-7-18/h3-7,11-13,15,19,23H,2,8-10,14,22H2,1H3/b17-12+,24-13?/t19-/m1/s1. The van der Waals surface area contributed by atoms with Gasteiger partial charge in [0.05, 0.1) is 11.3 Å². The van der Waals surface area contributed by atoms with Crippen LogP contribution in [-0.4, -0.2) is 42.7 Å². The maximum absolute atomic E-state index is 13.0. The minimum Gasteiger partial charge on any atom is -0.404 e. The molecule has 0 aliphatic carbocycles. The summed E-state index contributed by atoms with van der Waals surface area (Å²) < 4.78 is 0. The predicted octanol–water partition coefficient (Wildman–Crippen LogP) is 3.66. The summed E-state index contributed by atoms with van der Waals surface area (Å²) in [6.07, 6.45) is 5.26. The number of amides is 1. The SMILES string of the molecule is CCCN(C(=O)c1csc(/C(C=Nc2ccccc2)=C/N)c1)[C@@H]1CCNC1. The summed E-state index contributed by atoms with van der Waals surface area (Å²) in [5, 5.41) is 5.27. The number of hydrogen-bond donors (Lipinski definition) is 2. The Morgan fingerprint density at radius 3 is 2.89 bits per heavy atom. The first-order chi connectivity index (χ1) is 13.2. The van der Waals surface area contributed by atoms with Gasteiger partial charge in [-0.25, -0.2) is 0 Å². The highest BCUT2D eigenvalue weighted by molar-refractivity contribution is 7.11. The molecule has 0 unspecified atom stereocenters. The van der Waals surface area contributed by atoms with Crippen LogP contribution in [0.25, 0.3) is 5.57 Å². The van der Waals surface area contributed by atoms with Gasteiger partial charge in [0.25, 0.3) is 5.91 Å². The Kier molecular flexibility index (Phi) is 6.79. The van der Waals surface area contributed by atoms with E-state index < -0.39 is 0 Å². The lowest BCUT2D eigenvalue weighted by atomic mass is 10.1. The average molecular weight is 383 g/mol. The van der Waals surface area contributed by atoms with Crippen LogP contribution in [0.4, 0.5) is 5.69 Å². The lowest BCUT2D eigenvalue weighted by Crippen LogP contribution is -2.41. The van der Waals surface area contributed by atoms with Gasteiger partial charge in [0, 0.05) is 47.4 Å². The minimum atomic E-state index is 0.101. The summed E-state index contributed by atoms with van der Waals surface area (Å²) in [6.45, 7) is 4.74. The van der Waals surface area contributed by atoms with Crippen LogP contribution >= 0.6 is 11.3 Å². The van der Waals surface area contributed by atoms with Crippen molar-refractivity contribution in [1.82, 2.24) is 10.2 Å². The number of rotatable bonds is 7. The Labute approximate surface area is 164 Å². The Hall–Kier alpha value is -2.44. The quantitative estimate of drug-likeness (QED) is 0.718. The third-order valence-corrected chi connectivity index (χ3v) is 5.60. The largest absolute Gasteiger partial charge is 0.404 e. The molecular formula is C21H26N4OS. The first-order valence-electron chi connectivity index (χ1n) is 9.34. The molecule has 1 aliphatic rings. The molecule has 1 aromatic heterocycles. The highest BCUT2D eigenvalue weighted by Crippen LogP contribution is 2.25. The Balaban J connectivity index is 1.75. The summed E-state index contributed by atoms with van der Waals surface area (Å²) in [7, 11) is 0. The lowest BCUT2D eigenvalue weighted by molar-refractivity contribution is 0.0693. The van der Waals surface area contributed by atoms with E-state index in [2.05, 4.69) is 17.2 Å². The van der Waals surface area contributed by atoms with Crippen molar-refractivity contribution in [1.29, 1.82) is 0 Å². The molecule has 0 spiro atoms. The number of nitrogens with one attached hydrogen (secondary N) is 1. The van der Waals surface area contributed by atoms with Gasteiger partial charge in [-0.1, -0.05) is 25.1 Å². The van der Waals surface area contributed by atoms with E-state index in [1.807, 2.05) is 46.7 Å². The maximum atomic E-state index is 13.0. The van der Waals surface area contributed by atoms with E-state index in [4.69, 9.17) is 5.73 Å². The third kappa shape index (κ3) is 4.84. The Morgan fingerprint density at radius 1 is 1.41 bits per heavy atom. The second kappa shape index (κ2) is 9.48. The van der Waals surface area contributed by atoms with Crippen molar-refractivity contribution >= 4 is 34.7 Å². The van der Waals surface area contributed by atoms with E-state index in [9.17, 15) is 4.79 Å². The van der Waals surface area contributed by atoms with Crippen molar-refractivity contribution in [2.24, 2.45) is 10.7 Å². The Morgan fingerprint density at radius 2 is 2.22 bits per heavy atom. The number of nitrogens with two attached hydrogens (primary N) is 1. The van der Waals surface area contributed by atoms with Crippen LogP contribution in [0.2, 0.25) is 0 Å². The molecule has 1 aromatic carbocycles. The molecular weight excluding hydrogens is 356 g/mol. The van der Waals surface area contributed by atoms with Crippen molar-refractivity contribution in [2.75, 3.05) is 19.6 Å². The fraction of sp³-hybridized carbons (Fsp3) is 0.333. The van der Waals surface area contributed by atoms with Crippen LogP contribution in [0.3, 0.4) is 0 Å². The number of nitrogens with zero attached hydrogens (tertiary/aromatic N) is 2. The van der Waals surface area contributed by atoms with Crippen LogP contribution in [0.5, 0.6) is 0 Å². The van der Waals surface area contributed by atoms with Crippen LogP contribution < -0.4 is 11.1 Å². The van der Waals surface area contributed by atoms with Crippen molar-refractivity contribution in [3.63, 3.8) is 0 Å². The Bertz CT molecular complexity index is 807. The van der Waals surface area contributed by atoms with Crippen molar-refractivity contribution in [2.45, 2.75) is 25.8 Å². The van der Waals surface area contributed by atoms with Gasteiger partial charge in [-0.05, 0) is 37.6 Å². The molecule has 1 fully saturated rings. The van der Waals surface area contributed by atoms with Gasteiger partial charge in [-0.15, -0.1) is 11.3 Å². The minimum absolute atomic E-state index is 0.101. The van der Waals surface area contributed by atoms with Gasteiger partial charge in [0.1, 0.15) is 0 Å². The normalized spacial score (nSPS) is 17.5. The number of hydrogen-bond acceptors (Lipinski definition) is 5. The first kappa shape index (κ1) is 19.3. The summed E-state index contributed by atoms with van der Waals surface area (Å²) in [6, 6.07) is 11.9. The molecule has 2 heterocycles. The molecule has 0 radical (unpaired) electrons. The molecule has 1 aliphatic heterocycles. The molecule has 5 nitrogen and oxygen atoms in total. The molecule has 2 aromatic rings. The molecule has 3 N–H and O–H groups in total.